The molecule has 2 aliphatic rings. The van der Waals surface area contributed by atoms with Gasteiger partial charge in [-0.05, 0) is 51.0 Å². The van der Waals surface area contributed by atoms with Crippen molar-refractivity contribution in [2.75, 3.05) is 20.3 Å². The van der Waals surface area contributed by atoms with Gasteiger partial charge in [0, 0.05) is 34.9 Å². The van der Waals surface area contributed by atoms with Crippen LogP contribution >= 0.6 is 0 Å². The Morgan fingerprint density at radius 1 is 1.02 bits per heavy atom. The second-order valence-corrected chi connectivity index (χ2v) is 10.3. The second-order valence-electron chi connectivity index (χ2n) is 10.3. The summed E-state index contributed by atoms with van der Waals surface area (Å²) in [5.74, 6) is -1.10. The van der Waals surface area contributed by atoms with E-state index in [9.17, 15) is 14.4 Å². The highest BCUT2D eigenvalue weighted by atomic mass is 16.6. The zero-order valence-corrected chi connectivity index (χ0v) is 23.1. The Labute approximate surface area is 232 Å². The van der Waals surface area contributed by atoms with Crippen LogP contribution in [0.4, 0.5) is 0 Å². The number of rotatable bonds is 8. The predicted octanol–water partition coefficient (Wildman–Crippen LogP) is 5.13. The Balaban J connectivity index is 1.59. The highest BCUT2D eigenvalue weighted by Gasteiger charge is 2.43. The molecule has 8 nitrogen and oxygen atoms in total. The van der Waals surface area contributed by atoms with Crippen molar-refractivity contribution in [1.29, 1.82) is 0 Å². The number of ether oxygens (including phenoxy) is 3. The highest BCUT2D eigenvalue weighted by Crippen LogP contribution is 2.46. The van der Waals surface area contributed by atoms with E-state index in [0.29, 0.717) is 40.1 Å². The van der Waals surface area contributed by atoms with Crippen LogP contribution in [0.2, 0.25) is 0 Å². The molecule has 8 heteroatoms. The minimum Gasteiger partial charge on any atom is -0.496 e. The van der Waals surface area contributed by atoms with Gasteiger partial charge in [-0.2, -0.15) is 0 Å². The average Bonchev–Trinajstić information content (AvgIpc) is 2.94. The van der Waals surface area contributed by atoms with E-state index in [1.165, 1.54) is 6.26 Å². The van der Waals surface area contributed by atoms with Gasteiger partial charge in [-0.25, -0.2) is 4.79 Å². The first kappa shape index (κ1) is 27.4. The maximum absolute atomic E-state index is 13.9. The number of Topliss-reactive ketones (excluding diaryl/α,β-unsaturated/α-hetero) is 1. The van der Waals surface area contributed by atoms with Gasteiger partial charge in [0.05, 0.1) is 43.0 Å². The molecule has 0 bridgehead atoms. The number of fused-ring (bicyclic) bond motifs is 1. The lowest BCUT2D eigenvalue weighted by Gasteiger charge is -2.36. The second kappa shape index (κ2) is 11.5. The van der Waals surface area contributed by atoms with Gasteiger partial charge in [-0.1, -0.05) is 30.3 Å². The number of carbonyl (C=O) groups is 2. The third-order valence-corrected chi connectivity index (χ3v) is 7.41. The summed E-state index contributed by atoms with van der Waals surface area (Å²) in [5.41, 5.74) is 3.12. The number of methoxy groups -OCH3 is 1. The van der Waals surface area contributed by atoms with E-state index in [4.69, 9.17) is 18.6 Å². The fraction of sp³-hybridized carbons (Fsp3) is 0.344. The quantitative estimate of drug-likeness (QED) is 0.308. The molecule has 40 heavy (non-hydrogen) atoms. The van der Waals surface area contributed by atoms with Crippen LogP contribution in [0.1, 0.15) is 56.6 Å². The molecular weight excluding hydrogens is 510 g/mol. The molecule has 2 heterocycles. The zero-order valence-electron chi connectivity index (χ0n) is 23.1. The van der Waals surface area contributed by atoms with E-state index in [1.54, 1.807) is 38.3 Å². The molecule has 5 rings (SSSR count). The molecule has 0 saturated heterocycles. The molecule has 1 aromatic heterocycles. The minimum atomic E-state index is -0.929. The number of hydrogen-bond acceptors (Lipinski definition) is 8. The summed E-state index contributed by atoms with van der Waals surface area (Å²) in [7, 11) is 1.61. The van der Waals surface area contributed by atoms with Gasteiger partial charge in [0.1, 0.15) is 17.9 Å². The van der Waals surface area contributed by atoms with Crippen molar-refractivity contribution in [3.63, 3.8) is 0 Å². The lowest BCUT2D eigenvalue weighted by Crippen LogP contribution is -2.37. The van der Waals surface area contributed by atoms with Crippen molar-refractivity contribution < 1.29 is 28.2 Å². The van der Waals surface area contributed by atoms with Gasteiger partial charge < -0.3 is 23.9 Å². The van der Waals surface area contributed by atoms with Crippen molar-refractivity contribution in [2.45, 2.75) is 51.6 Å². The van der Waals surface area contributed by atoms with E-state index in [-0.39, 0.29) is 54.0 Å². The third kappa shape index (κ3) is 5.19. The summed E-state index contributed by atoms with van der Waals surface area (Å²) >= 11 is 0. The van der Waals surface area contributed by atoms with Crippen molar-refractivity contribution in [2.24, 2.45) is 0 Å². The Morgan fingerprint density at radius 3 is 2.55 bits per heavy atom. The first-order valence-electron chi connectivity index (χ1n) is 13.5. The van der Waals surface area contributed by atoms with Gasteiger partial charge in [-0.3, -0.25) is 9.59 Å². The summed E-state index contributed by atoms with van der Waals surface area (Å²) in [6.07, 6.45) is 2.08. The van der Waals surface area contributed by atoms with Gasteiger partial charge in [0.15, 0.2) is 11.2 Å². The van der Waals surface area contributed by atoms with Crippen LogP contribution < -0.4 is 15.5 Å². The number of para-hydroxylation sites is 2. The Morgan fingerprint density at radius 2 is 1.77 bits per heavy atom. The highest BCUT2D eigenvalue weighted by molar-refractivity contribution is 6.04. The molecule has 0 saturated carbocycles. The van der Waals surface area contributed by atoms with Crippen LogP contribution in [0.15, 0.2) is 86.5 Å². The van der Waals surface area contributed by atoms with E-state index in [2.05, 4.69) is 5.32 Å². The lowest BCUT2D eigenvalue weighted by atomic mass is 9.71. The molecular formula is C32H33NO7. The maximum Gasteiger partial charge on any atom is 0.336 e. The van der Waals surface area contributed by atoms with E-state index in [0.717, 1.165) is 5.56 Å². The summed E-state index contributed by atoms with van der Waals surface area (Å²) < 4.78 is 22.5. The number of allylic oxidation sites excluding steroid dienone is 3. The molecule has 2 aromatic carbocycles. The molecule has 0 spiro atoms. The fourth-order valence-electron chi connectivity index (χ4n) is 5.63. The molecule has 3 aromatic rings. The van der Waals surface area contributed by atoms with Gasteiger partial charge in [0.2, 0.25) is 0 Å². The smallest absolute Gasteiger partial charge is 0.336 e. The van der Waals surface area contributed by atoms with Crippen molar-refractivity contribution in [1.82, 2.24) is 5.32 Å². The first-order chi connectivity index (χ1) is 19.3. The van der Waals surface area contributed by atoms with Crippen molar-refractivity contribution in [3.05, 3.63) is 98.7 Å². The molecule has 1 aliphatic carbocycles. The largest absolute Gasteiger partial charge is 0.496 e. The number of esters is 1. The van der Waals surface area contributed by atoms with Crippen molar-refractivity contribution >= 4 is 22.7 Å². The molecule has 0 radical (unpaired) electrons. The van der Waals surface area contributed by atoms with Crippen LogP contribution in [0, 0.1) is 0 Å². The van der Waals surface area contributed by atoms with E-state index < -0.39 is 11.9 Å². The van der Waals surface area contributed by atoms with Gasteiger partial charge >= 0.3 is 5.97 Å². The zero-order chi connectivity index (χ0) is 28.4. The summed E-state index contributed by atoms with van der Waals surface area (Å²) in [4.78, 5) is 41.2. The molecule has 208 valence electrons. The Bertz CT molecular complexity index is 1580. The fourth-order valence-corrected chi connectivity index (χ4v) is 5.63. The van der Waals surface area contributed by atoms with Crippen LogP contribution in [0.5, 0.6) is 5.75 Å². The normalized spacial score (nSPS) is 19.1. The molecule has 0 unspecified atom stereocenters. The Kier molecular flexibility index (Phi) is 7.89. The number of ketones is 1. The monoisotopic (exact) mass is 543 g/mol. The summed E-state index contributed by atoms with van der Waals surface area (Å²) in [6, 6.07) is 14.6. The minimum absolute atomic E-state index is 0.00487. The number of hydrogen-bond donors (Lipinski definition) is 1. The van der Waals surface area contributed by atoms with E-state index in [1.807, 2.05) is 38.1 Å². The molecule has 2 atom stereocenters. The predicted molar refractivity (Wildman–Crippen MR) is 150 cm³/mol. The standard InChI is InChI=1S/C32H33NO7/c1-18(2)38-13-14-39-32(36)28-19(3)33-24-15-20(21-9-5-7-11-26(21)37-4)16-25(34)30(24)29(28)23-17-40-27-12-8-6-10-22(27)31(23)35/h5-12,17-18,20,29,33H,13-16H2,1-4H3/t20-,29-/m0/s1. The number of nitrogens with one attached hydrogen (secondary N) is 1. The first-order valence-corrected chi connectivity index (χ1v) is 13.5. The number of carbonyl (C=O) groups excluding carboxylic acids is 2. The number of benzene rings is 2. The topological polar surface area (TPSA) is 104 Å². The summed E-state index contributed by atoms with van der Waals surface area (Å²) in [6.45, 7) is 5.84. The van der Waals surface area contributed by atoms with Crippen molar-refractivity contribution in [3.8, 4) is 5.75 Å². The lowest BCUT2D eigenvalue weighted by molar-refractivity contribution is -0.141. The van der Waals surface area contributed by atoms with E-state index >= 15 is 0 Å². The van der Waals surface area contributed by atoms with Crippen LogP contribution in [0.3, 0.4) is 0 Å². The van der Waals surface area contributed by atoms with Gasteiger partial charge in [-0.15, -0.1) is 0 Å². The SMILES string of the molecule is COc1ccccc1[C@@H]1CC(=O)C2=C(C1)NC(C)=C(C(=O)OCCOC(C)C)[C@@H]2c1coc2ccccc2c1=O. The van der Waals surface area contributed by atoms with Crippen LogP contribution in [-0.2, 0) is 19.1 Å². The molecule has 0 fully saturated rings. The summed E-state index contributed by atoms with van der Waals surface area (Å²) in [5, 5.41) is 3.70. The third-order valence-electron chi connectivity index (χ3n) is 7.41. The molecule has 1 N–H and O–H groups in total. The van der Waals surface area contributed by atoms with Gasteiger partial charge in [0.25, 0.3) is 0 Å². The van der Waals surface area contributed by atoms with Crippen LogP contribution in [-0.4, -0.2) is 38.2 Å². The number of dihydropyridines is 1. The Hall–Kier alpha value is -4.17. The molecule has 0 amide bonds. The average molecular weight is 544 g/mol. The molecule has 1 aliphatic heterocycles. The maximum atomic E-state index is 13.9. The van der Waals surface area contributed by atoms with Crippen LogP contribution in [0.25, 0.3) is 11.0 Å².